The molecule has 0 fully saturated rings. The van der Waals surface area contributed by atoms with Crippen LogP contribution in [0, 0.1) is 11.3 Å². The standard InChI is InChI=1S/C21H25N3O3S/c1-21(2,3)13-6-7-15-16(9-13)28-19-18(15)20(26)24(12-23-19)11-17(25)22-10-14-5-4-8-27-14/h4-5,8,12-13H,6-7,9-11H2,1-3H3,(H,22,25). The zero-order valence-corrected chi connectivity index (χ0v) is 17.3. The van der Waals surface area contributed by atoms with Crippen molar-refractivity contribution in [3.63, 3.8) is 0 Å². The van der Waals surface area contributed by atoms with Crippen molar-refractivity contribution in [1.29, 1.82) is 0 Å². The second-order valence-corrected chi connectivity index (χ2v) is 9.61. The molecule has 7 heteroatoms. The van der Waals surface area contributed by atoms with Crippen molar-refractivity contribution in [3.8, 4) is 0 Å². The summed E-state index contributed by atoms with van der Waals surface area (Å²) in [7, 11) is 0. The number of thiophene rings is 1. The third-order valence-electron chi connectivity index (χ3n) is 5.61. The Hall–Kier alpha value is -2.41. The van der Waals surface area contributed by atoms with Gasteiger partial charge in [-0.15, -0.1) is 11.3 Å². The van der Waals surface area contributed by atoms with Crippen LogP contribution in [0.5, 0.6) is 0 Å². The van der Waals surface area contributed by atoms with E-state index in [4.69, 9.17) is 4.42 Å². The topological polar surface area (TPSA) is 77.1 Å². The largest absolute Gasteiger partial charge is 0.467 e. The van der Waals surface area contributed by atoms with E-state index in [9.17, 15) is 9.59 Å². The summed E-state index contributed by atoms with van der Waals surface area (Å²) in [4.78, 5) is 31.8. The number of aromatic nitrogens is 2. The molecule has 1 N–H and O–H groups in total. The lowest BCUT2D eigenvalue weighted by molar-refractivity contribution is -0.122. The number of hydrogen-bond acceptors (Lipinski definition) is 5. The van der Waals surface area contributed by atoms with Crippen LogP contribution in [0.2, 0.25) is 0 Å². The minimum Gasteiger partial charge on any atom is -0.467 e. The molecule has 1 aliphatic carbocycles. The first-order chi connectivity index (χ1) is 13.3. The molecule has 0 aromatic carbocycles. The smallest absolute Gasteiger partial charge is 0.262 e. The molecule has 0 spiro atoms. The number of hydrogen-bond donors (Lipinski definition) is 1. The van der Waals surface area contributed by atoms with Gasteiger partial charge in [-0.1, -0.05) is 20.8 Å². The Kier molecular flexibility index (Phi) is 4.87. The zero-order chi connectivity index (χ0) is 19.9. The Bertz CT molecular complexity index is 1060. The first-order valence-corrected chi connectivity index (χ1v) is 10.4. The third-order valence-corrected chi connectivity index (χ3v) is 6.78. The summed E-state index contributed by atoms with van der Waals surface area (Å²) in [5.74, 6) is 1.05. The van der Waals surface area contributed by atoms with Gasteiger partial charge in [0.1, 0.15) is 17.1 Å². The monoisotopic (exact) mass is 399 g/mol. The van der Waals surface area contributed by atoms with E-state index in [1.54, 1.807) is 29.7 Å². The SMILES string of the molecule is CC(C)(C)C1CCc2c(sc3ncn(CC(=O)NCc4ccco4)c(=O)c23)C1. The second-order valence-electron chi connectivity index (χ2n) is 8.52. The Morgan fingerprint density at radius 2 is 2.25 bits per heavy atom. The quantitative estimate of drug-likeness (QED) is 0.728. The number of amides is 1. The predicted octanol–water partition coefficient (Wildman–Crippen LogP) is 3.52. The number of aryl methyl sites for hydroxylation is 1. The van der Waals surface area contributed by atoms with Crippen molar-refractivity contribution in [2.45, 2.75) is 53.1 Å². The summed E-state index contributed by atoms with van der Waals surface area (Å²) >= 11 is 1.63. The fourth-order valence-corrected chi connectivity index (χ4v) is 5.12. The maximum Gasteiger partial charge on any atom is 0.262 e. The summed E-state index contributed by atoms with van der Waals surface area (Å²) in [6.45, 7) is 7.10. The van der Waals surface area contributed by atoms with Crippen LogP contribution in [0.15, 0.2) is 33.9 Å². The number of fused-ring (bicyclic) bond motifs is 3. The van der Waals surface area contributed by atoms with Gasteiger partial charge in [0, 0.05) is 4.88 Å². The molecule has 0 radical (unpaired) electrons. The van der Waals surface area contributed by atoms with Crippen molar-refractivity contribution < 1.29 is 9.21 Å². The Labute approximate surface area is 167 Å². The average Bonchev–Trinajstić information content (AvgIpc) is 3.28. The van der Waals surface area contributed by atoms with Crippen LogP contribution in [-0.2, 0) is 30.7 Å². The van der Waals surface area contributed by atoms with Crippen molar-refractivity contribution in [2.75, 3.05) is 0 Å². The number of carbonyl (C=O) groups is 1. The van der Waals surface area contributed by atoms with Crippen LogP contribution < -0.4 is 10.9 Å². The van der Waals surface area contributed by atoms with Crippen LogP contribution in [0.25, 0.3) is 10.2 Å². The van der Waals surface area contributed by atoms with Gasteiger partial charge in [0.15, 0.2) is 0 Å². The molecule has 0 aliphatic heterocycles. The lowest BCUT2D eigenvalue weighted by Gasteiger charge is -2.33. The van der Waals surface area contributed by atoms with E-state index in [-0.39, 0.29) is 23.4 Å². The molecule has 0 saturated heterocycles. The highest BCUT2D eigenvalue weighted by atomic mass is 32.1. The Morgan fingerprint density at radius 1 is 1.43 bits per heavy atom. The minimum absolute atomic E-state index is 0.0439. The molecule has 1 amide bonds. The fraction of sp³-hybridized carbons (Fsp3) is 0.476. The maximum atomic E-state index is 13.0. The van der Waals surface area contributed by atoms with Crippen LogP contribution >= 0.6 is 11.3 Å². The molecule has 4 rings (SSSR count). The van der Waals surface area contributed by atoms with Crippen LogP contribution in [0.4, 0.5) is 0 Å². The highest BCUT2D eigenvalue weighted by Crippen LogP contribution is 2.41. The normalized spacial score (nSPS) is 16.9. The molecule has 3 heterocycles. The summed E-state index contributed by atoms with van der Waals surface area (Å²) in [6, 6.07) is 3.57. The van der Waals surface area contributed by atoms with E-state index < -0.39 is 0 Å². The second kappa shape index (κ2) is 7.20. The summed E-state index contributed by atoms with van der Waals surface area (Å²) < 4.78 is 6.61. The Balaban J connectivity index is 1.56. The van der Waals surface area contributed by atoms with Crippen molar-refractivity contribution >= 4 is 27.5 Å². The molecule has 1 atom stereocenters. The Morgan fingerprint density at radius 3 is 2.96 bits per heavy atom. The first kappa shape index (κ1) is 18.9. The number of nitrogens with zero attached hydrogens (tertiary/aromatic N) is 2. The predicted molar refractivity (Wildman–Crippen MR) is 109 cm³/mol. The summed E-state index contributed by atoms with van der Waals surface area (Å²) in [6.07, 6.45) is 6.04. The van der Waals surface area contributed by atoms with Gasteiger partial charge in [0.2, 0.25) is 5.91 Å². The maximum absolute atomic E-state index is 13.0. The average molecular weight is 400 g/mol. The molecule has 0 saturated carbocycles. The van der Waals surface area contributed by atoms with E-state index in [2.05, 4.69) is 31.1 Å². The van der Waals surface area contributed by atoms with Crippen molar-refractivity contribution in [2.24, 2.45) is 11.3 Å². The minimum atomic E-state index is -0.239. The number of carbonyl (C=O) groups excluding carboxylic acids is 1. The van der Waals surface area contributed by atoms with Crippen LogP contribution in [0.3, 0.4) is 0 Å². The van der Waals surface area contributed by atoms with Crippen molar-refractivity contribution in [1.82, 2.24) is 14.9 Å². The molecule has 148 valence electrons. The molecule has 6 nitrogen and oxygen atoms in total. The van der Waals surface area contributed by atoms with Crippen molar-refractivity contribution in [3.05, 3.63) is 51.3 Å². The van der Waals surface area contributed by atoms with Gasteiger partial charge in [-0.2, -0.15) is 0 Å². The van der Waals surface area contributed by atoms with E-state index in [0.29, 0.717) is 23.6 Å². The van der Waals surface area contributed by atoms with Gasteiger partial charge < -0.3 is 9.73 Å². The van der Waals surface area contributed by atoms with E-state index >= 15 is 0 Å². The van der Waals surface area contributed by atoms with Gasteiger partial charge in [0.25, 0.3) is 5.56 Å². The highest BCUT2D eigenvalue weighted by molar-refractivity contribution is 7.18. The molecule has 1 aliphatic rings. The van der Waals surface area contributed by atoms with Gasteiger partial charge in [-0.25, -0.2) is 4.98 Å². The zero-order valence-electron chi connectivity index (χ0n) is 16.4. The number of nitrogens with one attached hydrogen (secondary N) is 1. The number of rotatable bonds is 4. The molecule has 28 heavy (non-hydrogen) atoms. The molecular formula is C21H25N3O3S. The van der Waals surface area contributed by atoms with Gasteiger partial charge in [-0.05, 0) is 48.3 Å². The molecule has 3 aromatic heterocycles. The summed E-state index contributed by atoms with van der Waals surface area (Å²) in [5.41, 5.74) is 1.28. The van der Waals surface area contributed by atoms with Crippen LogP contribution in [0.1, 0.15) is 43.4 Å². The van der Waals surface area contributed by atoms with Gasteiger partial charge in [-0.3, -0.25) is 14.2 Å². The van der Waals surface area contributed by atoms with Crippen LogP contribution in [-0.4, -0.2) is 15.5 Å². The first-order valence-electron chi connectivity index (χ1n) is 9.61. The van der Waals surface area contributed by atoms with Gasteiger partial charge in [0.05, 0.1) is 24.5 Å². The molecule has 3 aromatic rings. The van der Waals surface area contributed by atoms with E-state index in [0.717, 1.165) is 29.7 Å². The van der Waals surface area contributed by atoms with E-state index in [1.165, 1.54) is 15.8 Å². The highest BCUT2D eigenvalue weighted by Gasteiger charge is 2.31. The number of furan rings is 1. The molecule has 1 unspecified atom stereocenters. The fourth-order valence-electron chi connectivity index (χ4n) is 3.86. The van der Waals surface area contributed by atoms with E-state index in [1.807, 2.05) is 0 Å². The molecular weight excluding hydrogens is 374 g/mol. The van der Waals surface area contributed by atoms with Gasteiger partial charge >= 0.3 is 0 Å². The summed E-state index contributed by atoms with van der Waals surface area (Å²) in [5, 5.41) is 3.47. The molecule has 0 bridgehead atoms. The third kappa shape index (κ3) is 3.63. The lowest BCUT2D eigenvalue weighted by atomic mass is 9.72. The lowest BCUT2D eigenvalue weighted by Crippen LogP contribution is -2.32.